The molecule has 0 radical (unpaired) electrons. The fourth-order valence-electron chi connectivity index (χ4n) is 2.79. The first kappa shape index (κ1) is 14.6. The van der Waals surface area contributed by atoms with Crippen LogP contribution < -0.4 is 5.73 Å². The second-order valence-corrected chi connectivity index (χ2v) is 5.46. The molecule has 0 unspecified atom stereocenters. The van der Waals surface area contributed by atoms with E-state index in [1.807, 2.05) is 24.3 Å². The van der Waals surface area contributed by atoms with Crippen molar-refractivity contribution in [3.8, 4) is 0 Å². The fraction of sp³-hybridized carbons (Fsp3) is 0.278. The Kier molecular flexibility index (Phi) is 4.39. The number of nitrogens with zero attached hydrogens (tertiary/aromatic N) is 2. The molecule has 0 spiro atoms. The van der Waals surface area contributed by atoms with Crippen LogP contribution in [0.3, 0.4) is 0 Å². The van der Waals surface area contributed by atoms with Gasteiger partial charge in [-0.15, -0.1) is 0 Å². The summed E-state index contributed by atoms with van der Waals surface area (Å²) in [6.45, 7) is 0.945. The van der Waals surface area contributed by atoms with Gasteiger partial charge >= 0.3 is 0 Å². The second-order valence-electron chi connectivity index (χ2n) is 5.46. The highest BCUT2D eigenvalue weighted by molar-refractivity contribution is 5.87. The number of fused-ring (bicyclic) bond motifs is 1. The Bertz CT molecular complexity index is 750. The lowest BCUT2D eigenvalue weighted by atomic mass is 10.1. The average Bonchev–Trinajstić information content (AvgIpc) is 2.91. The van der Waals surface area contributed by atoms with Crippen LogP contribution in [-0.2, 0) is 19.4 Å². The molecule has 0 aliphatic rings. The molecule has 0 amide bonds. The monoisotopic (exact) mass is 295 g/mol. The maximum absolute atomic E-state index is 9.13. The van der Waals surface area contributed by atoms with Gasteiger partial charge in [-0.1, -0.05) is 36.4 Å². The molecule has 22 heavy (non-hydrogen) atoms. The van der Waals surface area contributed by atoms with Gasteiger partial charge in [0.2, 0.25) is 0 Å². The Morgan fingerprint density at radius 1 is 1.00 bits per heavy atom. The number of aliphatic hydroxyl groups excluding tert-OH is 1. The van der Waals surface area contributed by atoms with E-state index in [1.165, 1.54) is 5.56 Å². The Hall–Kier alpha value is -2.33. The van der Waals surface area contributed by atoms with Crippen LogP contribution in [0.1, 0.15) is 17.8 Å². The number of aromatic nitrogens is 2. The molecule has 3 rings (SSSR count). The van der Waals surface area contributed by atoms with Crippen LogP contribution in [0.25, 0.3) is 11.0 Å². The van der Waals surface area contributed by atoms with E-state index in [4.69, 9.17) is 15.8 Å². The SMILES string of the molecule is Nc1cccc2c1nc(CCc1ccccc1)n2CCCO. The van der Waals surface area contributed by atoms with Crippen molar-refractivity contribution >= 4 is 16.7 Å². The molecular weight excluding hydrogens is 274 g/mol. The number of rotatable bonds is 6. The van der Waals surface area contributed by atoms with Crippen molar-refractivity contribution in [1.82, 2.24) is 9.55 Å². The van der Waals surface area contributed by atoms with Gasteiger partial charge in [-0.05, 0) is 30.5 Å². The van der Waals surface area contributed by atoms with E-state index in [1.54, 1.807) is 0 Å². The highest BCUT2D eigenvalue weighted by atomic mass is 16.3. The summed E-state index contributed by atoms with van der Waals surface area (Å²) in [5.74, 6) is 1.03. The normalized spacial score (nSPS) is 11.1. The maximum atomic E-state index is 9.13. The fourth-order valence-corrected chi connectivity index (χ4v) is 2.79. The summed E-state index contributed by atoms with van der Waals surface area (Å²) in [6, 6.07) is 16.3. The number of hydrogen-bond donors (Lipinski definition) is 2. The van der Waals surface area contributed by atoms with E-state index in [2.05, 4.69) is 28.8 Å². The first-order chi connectivity index (χ1) is 10.8. The zero-order chi connectivity index (χ0) is 15.4. The highest BCUT2D eigenvalue weighted by Gasteiger charge is 2.12. The molecule has 1 heterocycles. The van der Waals surface area contributed by atoms with E-state index < -0.39 is 0 Å². The number of nitrogen functional groups attached to an aromatic ring is 1. The van der Waals surface area contributed by atoms with Gasteiger partial charge in [-0.25, -0.2) is 4.98 Å². The predicted octanol–water partition coefficient (Wildman–Crippen LogP) is 2.79. The number of imidazole rings is 1. The van der Waals surface area contributed by atoms with Crippen LogP contribution in [0.15, 0.2) is 48.5 Å². The second kappa shape index (κ2) is 6.62. The number of aliphatic hydroxyl groups is 1. The molecule has 4 heteroatoms. The zero-order valence-corrected chi connectivity index (χ0v) is 12.6. The summed E-state index contributed by atoms with van der Waals surface area (Å²) in [4.78, 5) is 4.74. The van der Waals surface area contributed by atoms with E-state index in [0.717, 1.165) is 42.7 Å². The van der Waals surface area contributed by atoms with Crippen molar-refractivity contribution in [3.05, 3.63) is 59.9 Å². The minimum atomic E-state index is 0.181. The molecule has 3 N–H and O–H groups in total. The first-order valence-electron chi connectivity index (χ1n) is 7.68. The van der Waals surface area contributed by atoms with E-state index in [-0.39, 0.29) is 6.61 Å². The topological polar surface area (TPSA) is 64.1 Å². The number of benzene rings is 2. The molecule has 3 aromatic rings. The molecule has 4 nitrogen and oxygen atoms in total. The Labute approximate surface area is 130 Å². The zero-order valence-electron chi connectivity index (χ0n) is 12.6. The van der Waals surface area contributed by atoms with Crippen molar-refractivity contribution in [1.29, 1.82) is 0 Å². The summed E-state index contributed by atoms with van der Waals surface area (Å²) in [7, 11) is 0. The number of anilines is 1. The average molecular weight is 295 g/mol. The molecule has 1 aromatic heterocycles. The lowest BCUT2D eigenvalue weighted by Crippen LogP contribution is -2.06. The first-order valence-corrected chi connectivity index (χ1v) is 7.68. The van der Waals surface area contributed by atoms with E-state index in [0.29, 0.717) is 5.69 Å². The summed E-state index contributed by atoms with van der Waals surface area (Å²) in [5.41, 5.74) is 9.98. The summed E-state index contributed by atoms with van der Waals surface area (Å²) >= 11 is 0. The lowest BCUT2D eigenvalue weighted by Gasteiger charge is -2.08. The molecule has 0 aliphatic carbocycles. The Morgan fingerprint density at radius 3 is 2.59 bits per heavy atom. The van der Waals surface area contributed by atoms with Gasteiger partial charge in [-0.2, -0.15) is 0 Å². The van der Waals surface area contributed by atoms with Crippen molar-refractivity contribution in [2.75, 3.05) is 12.3 Å². The van der Waals surface area contributed by atoms with E-state index in [9.17, 15) is 0 Å². The molecule has 0 atom stereocenters. The molecule has 0 saturated heterocycles. The highest BCUT2D eigenvalue weighted by Crippen LogP contribution is 2.23. The number of hydrogen-bond acceptors (Lipinski definition) is 3. The summed E-state index contributed by atoms with van der Waals surface area (Å²) in [6.07, 6.45) is 2.53. The van der Waals surface area contributed by atoms with E-state index >= 15 is 0 Å². The molecule has 2 aromatic carbocycles. The third-order valence-corrected chi connectivity index (χ3v) is 3.91. The van der Waals surface area contributed by atoms with Crippen LogP contribution in [0, 0.1) is 0 Å². The van der Waals surface area contributed by atoms with Gasteiger partial charge in [-0.3, -0.25) is 0 Å². The number of aryl methyl sites for hydroxylation is 3. The van der Waals surface area contributed by atoms with Gasteiger partial charge in [0.15, 0.2) is 0 Å². The van der Waals surface area contributed by atoms with Crippen molar-refractivity contribution in [3.63, 3.8) is 0 Å². The van der Waals surface area contributed by atoms with Gasteiger partial charge in [0.05, 0.1) is 11.2 Å². The molecule has 0 fully saturated rings. The molecular formula is C18H21N3O. The summed E-state index contributed by atoms with van der Waals surface area (Å²) < 4.78 is 2.19. The standard InChI is InChI=1S/C18H21N3O/c19-15-8-4-9-16-18(15)20-17(21(16)12-5-13-22)11-10-14-6-2-1-3-7-14/h1-4,6-9,22H,5,10-13,19H2. The summed E-state index contributed by atoms with van der Waals surface area (Å²) in [5, 5.41) is 9.13. The smallest absolute Gasteiger partial charge is 0.112 e. The molecule has 114 valence electrons. The van der Waals surface area contributed by atoms with Crippen molar-refractivity contribution in [2.45, 2.75) is 25.8 Å². The van der Waals surface area contributed by atoms with Crippen molar-refractivity contribution < 1.29 is 5.11 Å². The molecule has 0 bridgehead atoms. The van der Waals surface area contributed by atoms with Gasteiger partial charge in [0.25, 0.3) is 0 Å². The van der Waals surface area contributed by atoms with Crippen LogP contribution >= 0.6 is 0 Å². The van der Waals surface area contributed by atoms with Gasteiger partial charge in [0, 0.05) is 19.6 Å². The lowest BCUT2D eigenvalue weighted by molar-refractivity contribution is 0.280. The van der Waals surface area contributed by atoms with Crippen LogP contribution in [0.5, 0.6) is 0 Å². The van der Waals surface area contributed by atoms with Crippen molar-refractivity contribution in [2.24, 2.45) is 0 Å². The molecule has 0 aliphatic heterocycles. The Balaban J connectivity index is 1.91. The largest absolute Gasteiger partial charge is 0.397 e. The quantitative estimate of drug-likeness (QED) is 0.687. The minimum absolute atomic E-state index is 0.181. The van der Waals surface area contributed by atoms with Crippen LogP contribution in [-0.4, -0.2) is 21.3 Å². The van der Waals surface area contributed by atoms with Crippen LogP contribution in [0.4, 0.5) is 5.69 Å². The van der Waals surface area contributed by atoms with Gasteiger partial charge < -0.3 is 15.4 Å². The number of nitrogens with two attached hydrogens (primary N) is 1. The third kappa shape index (κ3) is 2.97. The molecule has 0 saturated carbocycles. The van der Waals surface area contributed by atoms with Crippen LogP contribution in [0.2, 0.25) is 0 Å². The Morgan fingerprint density at radius 2 is 1.82 bits per heavy atom. The van der Waals surface area contributed by atoms with Gasteiger partial charge in [0.1, 0.15) is 11.3 Å². The predicted molar refractivity (Wildman–Crippen MR) is 89.7 cm³/mol. The minimum Gasteiger partial charge on any atom is -0.397 e. The maximum Gasteiger partial charge on any atom is 0.112 e. The number of para-hydroxylation sites is 1. The third-order valence-electron chi connectivity index (χ3n) is 3.91.